The van der Waals surface area contributed by atoms with Crippen LogP contribution in [0.15, 0.2) is 12.3 Å². The van der Waals surface area contributed by atoms with Crippen LogP contribution in [0, 0.1) is 0 Å². The van der Waals surface area contributed by atoms with Crippen molar-refractivity contribution < 1.29 is 13.6 Å². The lowest BCUT2D eigenvalue weighted by atomic mass is 10.1. The minimum atomic E-state index is -2.78. The van der Waals surface area contributed by atoms with Crippen LogP contribution in [0.25, 0.3) is 0 Å². The summed E-state index contributed by atoms with van der Waals surface area (Å²) in [4.78, 5) is 14.6. The average Bonchev–Trinajstić information content (AvgIpc) is 3.18. The second-order valence-electron chi connectivity index (χ2n) is 6.18. The van der Waals surface area contributed by atoms with Gasteiger partial charge < -0.3 is 5.32 Å². The molecule has 1 aliphatic carbocycles. The highest BCUT2D eigenvalue weighted by molar-refractivity contribution is 7.12. The van der Waals surface area contributed by atoms with Crippen molar-refractivity contribution in [3.05, 3.63) is 38.3 Å². The quantitative estimate of drug-likeness (QED) is 0.820. The van der Waals surface area contributed by atoms with E-state index < -0.39 is 18.0 Å². The third kappa shape index (κ3) is 3.78. The van der Waals surface area contributed by atoms with E-state index in [0.29, 0.717) is 12.3 Å². The van der Waals surface area contributed by atoms with E-state index in [1.54, 1.807) is 11.3 Å². The molecule has 0 radical (unpaired) electrons. The van der Waals surface area contributed by atoms with Crippen LogP contribution in [0.2, 0.25) is 5.02 Å². The molecule has 0 saturated heterocycles. The van der Waals surface area contributed by atoms with E-state index in [1.165, 1.54) is 35.6 Å². The number of halogens is 3. The van der Waals surface area contributed by atoms with Crippen LogP contribution in [0.1, 0.15) is 57.9 Å². The minimum Gasteiger partial charge on any atom is -0.349 e. The van der Waals surface area contributed by atoms with Gasteiger partial charge in [0.25, 0.3) is 12.3 Å². The van der Waals surface area contributed by atoms with Crippen molar-refractivity contribution in [2.24, 2.45) is 7.05 Å². The Morgan fingerprint density at radius 2 is 2.25 bits per heavy atom. The molecule has 1 N–H and O–H groups in total. The minimum absolute atomic E-state index is 0.0877. The van der Waals surface area contributed by atoms with Gasteiger partial charge in [0, 0.05) is 35.5 Å². The molecule has 3 rings (SSSR count). The molecule has 0 aliphatic heterocycles. The highest BCUT2D eigenvalue weighted by Crippen LogP contribution is 2.45. The number of hydrogen-bond acceptors (Lipinski definition) is 3. The summed E-state index contributed by atoms with van der Waals surface area (Å²) in [6.07, 6.45) is 1.52. The maximum Gasteiger partial charge on any atom is 0.282 e. The van der Waals surface area contributed by atoms with Crippen molar-refractivity contribution in [2.75, 3.05) is 0 Å². The summed E-state index contributed by atoms with van der Waals surface area (Å²) in [7, 11) is 1.51. The van der Waals surface area contributed by atoms with E-state index in [-0.39, 0.29) is 11.6 Å². The van der Waals surface area contributed by atoms with Gasteiger partial charge in [-0.2, -0.15) is 5.10 Å². The molecular weight excluding hydrogens is 356 g/mol. The van der Waals surface area contributed by atoms with Gasteiger partial charge in [0.2, 0.25) is 0 Å². The third-order valence-corrected chi connectivity index (χ3v) is 5.70. The fourth-order valence-corrected chi connectivity index (χ4v) is 4.34. The van der Waals surface area contributed by atoms with Crippen LogP contribution in [0.3, 0.4) is 0 Å². The Kier molecular flexibility index (Phi) is 4.92. The van der Waals surface area contributed by atoms with Crippen LogP contribution < -0.4 is 5.32 Å². The molecule has 0 spiro atoms. The van der Waals surface area contributed by atoms with Crippen LogP contribution in [0.4, 0.5) is 8.78 Å². The smallest absolute Gasteiger partial charge is 0.282 e. The normalized spacial score (nSPS) is 15.8. The molecule has 8 heteroatoms. The average molecular weight is 374 g/mol. The monoisotopic (exact) mass is 373 g/mol. The van der Waals surface area contributed by atoms with Gasteiger partial charge in [0.05, 0.1) is 10.6 Å². The van der Waals surface area contributed by atoms with E-state index in [9.17, 15) is 13.6 Å². The summed E-state index contributed by atoms with van der Waals surface area (Å²) in [5.74, 6) is 0.0936. The van der Waals surface area contributed by atoms with Gasteiger partial charge in [0.15, 0.2) is 0 Å². The van der Waals surface area contributed by atoms with Crippen LogP contribution in [0.5, 0.6) is 0 Å². The molecule has 1 fully saturated rings. The Bertz CT molecular complexity index is 755. The molecule has 130 valence electrons. The highest BCUT2D eigenvalue weighted by Gasteiger charge is 2.27. The van der Waals surface area contributed by atoms with E-state index in [1.807, 2.05) is 13.0 Å². The number of aryl methyl sites for hydroxylation is 1. The zero-order valence-corrected chi connectivity index (χ0v) is 14.9. The molecule has 1 atom stereocenters. The second kappa shape index (κ2) is 6.80. The van der Waals surface area contributed by atoms with E-state index >= 15 is 0 Å². The lowest BCUT2D eigenvalue weighted by Gasteiger charge is -2.13. The van der Waals surface area contributed by atoms with Gasteiger partial charge in [-0.3, -0.25) is 9.48 Å². The van der Waals surface area contributed by atoms with Crippen LogP contribution in [-0.2, 0) is 13.5 Å². The van der Waals surface area contributed by atoms with Crippen molar-refractivity contribution in [1.29, 1.82) is 0 Å². The van der Waals surface area contributed by atoms with E-state index in [2.05, 4.69) is 10.4 Å². The van der Waals surface area contributed by atoms with E-state index in [4.69, 9.17) is 11.6 Å². The molecular formula is C16H18ClF2N3OS. The Hall–Kier alpha value is -1.47. The first-order valence-electron chi connectivity index (χ1n) is 7.75. The number of rotatable bonds is 6. The molecule has 2 heterocycles. The van der Waals surface area contributed by atoms with Gasteiger partial charge >= 0.3 is 0 Å². The van der Waals surface area contributed by atoms with Crippen LogP contribution >= 0.6 is 22.9 Å². The maximum absolute atomic E-state index is 13.0. The number of nitrogens with zero attached hydrogens (tertiary/aromatic N) is 2. The predicted octanol–water partition coefficient (Wildman–Crippen LogP) is 4.31. The van der Waals surface area contributed by atoms with Crippen molar-refractivity contribution in [2.45, 2.75) is 44.6 Å². The van der Waals surface area contributed by atoms with Gasteiger partial charge in [-0.25, -0.2) is 8.78 Å². The summed E-state index contributed by atoms with van der Waals surface area (Å²) in [6.45, 7) is 1.84. The SMILES string of the molecule is CC(Cc1sc(C2CC2)cc1Cl)NC(=O)c1cn(C)nc1C(F)F. The zero-order chi connectivity index (χ0) is 17.4. The van der Waals surface area contributed by atoms with Crippen molar-refractivity contribution >= 4 is 28.8 Å². The van der Waals surface area contributed by atoms with Gasteiger partial charge in [-0.15, -0.1) is 11.3 Å². The predicted molar refractivity (Wildman–Crippen MR) is 90.1 cm³/mol. The molecule has 1 unspecified atom stereocenters. The molecule has 0 bridgehead atoms. The first kappa shape index (κ1) is 17.4. The number of carbonyl (C=O) groups is 1. The summed E-state index contributed by atoms with van der Waals surface area (Å²) in [5, 5.41) is 7.13. The fourth-order valence-electron chi connectivity index (χ4n) is 2.61. The van der Waals surface area contributed by atoms with Crippen LogP contribution in [-0.4, -0.2) is 21.7 Å². The number of hydrogen-bond donors (Lipinski definition) is 1. The number of amides is 1. The molecule has 1 aliphatic rings. The Morgan fingerprint density at radius 1 is 1.54 bits per heavy atom. The lowest BCUT2D eigenvalue weighted by molar-refractivity contribution is 0.0925. The summed E-state index contributed by atoms with van der Waals surface area (Å²) < 4.78 is 27.1. The number of alkyl halides is 2. The largest absolute Gasteiger partial charge is 0.349 e. The Morgan fingerprint density at radius 3 is 2.88 bits per heavy atom. The number of thiophene rings is 1. The maximum atomic E-state index is 13.0. The number of carbonyl (C=O) groups excluding carboxylic acids is 1. The van der Waals surface area contributed by atoms with Crippen molar-refractivity contribution in [1.82, 2.24) is 15.1 Å². The van der Waals surface area contributed by atoms with E-state index in [0.717, 1.165) is 9.90 Å². The second-order valence-corrected chi connectivity index (χ2v) is 7.75. The van der Waals surface area contributed by atoms with Gasteiger partial charge in [0.1, 0.15) is 5.69 Å². The van der Waals surface area contributed by atoms with Crippen molar-refractivity contribution in [3.8, 4) is 0 Å². The third-order valence-electron chi connectivity index (χ3n) is 3.93. The molecule has 4 nitrogen and oxygen atoms in total. The fraction of sp³-hybridized carbons (Fsp3) is 0.500. The topological polar surface area (TPSA) is 46.9 Å². The highest BCUT2D eigenvalue weighted by atomic mass is 35.5. The number of nitrogens with one attached hydrogen (secondary N) is 1. The molecule has 1 amide bonds. The Balaban J connectivity index is 1.66. The molecule has 24 heavy (non-hydrogen) atoms. The number of aromatic nitrogens is 2. The molecule has 0 aromatic carbocycles. The zero-order valence-electron chi connectivity index (χ0n) is 13.4. The Labute approximate surface area is 147 Å². The standard InChI is InChI=1S/C16H18ClF2N3OS/c1-8(5-13-11(17)6-12(24-13)9-3-4-9)20-16(23)10-7-22(2)21-14(10)15(18)19/h6-9,15H,3-5H2,1-2H3,(H,20,23). The van der Waals surface area contributed by atoms with Gasteiger partial charge in [-0.1, -0.05) is 11.6 Å². The summed E-state index contributed by atoms with van der Waals surface area (Å²) in [5.41, 5.74) is -0.581. The molecule has 2 aromatic rings. The van der Waals surface area contributed by atoms with Crippen molar-refractivity contribution in [3.63, 3.8) is 0 Å². The first-order chi connectivity index (χ1) is 11.3. The van der Waals surface area contributed by atoms with Gasteiger partial charge in [-0.05, 0) is 31.7 Å². The molecule has 1 saturated carbocycles. The summed E-state index contributed by atoms with van der Waals surface area (Å²) in [6, 6.07) is 1.79. The first-order valence-corrected chi connectivity index (χ1v) is 8.95. The lowest BCUT2D eigenvalue weighted by Crippen LogP contribution is -2.34. The molecule has 2 aromatic heterocycles. The summed E-state index contributed by atoms with van der Waals surface area (Å²) >= 11 is 7.94.